The zero-order valence-corrected chi connectivity index (χ0v) is 19.0. The van der Waals surface area contributed by atoms with Gasteiger partial charge in [-0.2, -0.15) is 0 Å². The maximum atomic E-state index is 13.0. The van der Waals surface area contributed by atoms with Gasteiger partial charge in [-0.3, -0.25) is 9.59 Å². The lowest BCUT2D eigenvalue weighted by molar-refractivity contribution is -0.157. The third-order valence-corrected chi connectivity index (χ3v) is 7.49. The molecule has 8 heteroatoms. The Balaban J connectivity index is 1.20. The molecule has 2 saturated heterocycles. The molecule has 2 aliphatic heterocycles. The summed E-state index contributed by atoms with van der Waals surface area (Å²) in [7, 11) is 0. The van der Waals surface area contributed by atoms with Crippen LogP contribution in [0.2, 0.25) is 0 Å². The van der Waals surface area contributed by atoms with E-state index in [4.69, 9.17) is 9.47 Å². The average molecular weight is 465 g/mol. The third kappa shape index (κ3) is 3.72. The molecule has 2 unspecified atom stereocenters. The Labute approximate surface area is 197 Å². The highest BCUT2D eigenvalue weighted by atomic mass is 16.5. The summed E-state index contributed by atoms with van der Waals surface area (Å²) in [5, 5.41) is 12.4. The third-order valence-electron chi connectivity index (χ3n) is 7.49. The van der Waals surface area contributed by atoms with Gasteiger partial charge in [0.2, 0.25) is 5.91 Å². The van der Waals surface area contributed by atoms with Gasteiger partial charge in [0.1, 0.15) is 12.6 Å². The topological polar surface area (TPSA) is 105 Å². The normalized spacial score (nSPS) is 24.0. The second-order valence-electron chi connectivity index (χ2n) is 9.39. The molecular formula is C26H28N2O6. The van der Waals surface area contributed by atoms with E-state index in [0.717, 1.165) is 22.3 Å². The Hall–Kier alpha value is -3.39. The van der Waals surface area contributed by atoms with Gasteiger partial charge in [-0.1, -0.05) is 48.5 Å². The molecule has 2 N–H and O–H groups in total. The summed E-state index contributed by atoms with van der Waals surface area (Å²) in [6, 6.07) is 15.3. The number of ether oxygens (including phenoxy) is 2. The Morgan fingerprint density at radius 3 is 2.41 bits per heavy atom. The summed E-state index contributed by atoms with van der Waals surface area (Å²) < 4.78 is 11.0. The highest BCUT2D eigenvalue weighted by molar-refractivity contribution is 5.87. The minimum Gasteiger partial charge on any atom is -0.481 e. The summed E-state index contributed by atoms with van der Waals surface area (Å²) in [6.07, 6.45) is -0.291. The summed E-state index contributed by atoms with van der Waals surface area (Å²) in [5.74, 6) is -1.53. The van der Waals surface area contributed by atoms with E-state index < -0.39 is 23.5 Å². The monoisotopic (exact) mass is 464 g/mol. The molecule has 0 spiro atoms. The predicted molar refractivity (Wildman–Crippen MR) is 123 cm³/mol. The molecule has 3 aliphatic rings. The lowest BCUT2D eigenvalue weighted by Gasteiger charge is -2.33. The number of amides is 2. The van der Waals surface area contributed by atoms with Crippen LogP contribution in [0.25, 0.3) is 11.1 Å². The Kier molecular flexibility index (Phi) is 5.77. The van der Waals surface area contributed by atoms with Crippen LogP contribution in [0.3, 0.4) is 0 Å². The van der Waals surface area contributed by atoms with Crippen LogP contribution in [0.5, 0.6) is 0 Å². The number of hydrogen-bond acceptors (Lipinski definition) is 5. The molecule has 3 atom stereocenters. The van der Waals surface area contributed by atoms with Crippen molar-refractivity contribution in [2.24, 2.45) is 11.3 Å². The van der Waals surface area contributed by atoms with Gasteiger partial charge >= 0.3 is 12.1 Å². The van der Waals surface area contributed by atoms with Crippen molar-refractivity contribution in [1.29, 1.82) is 0 Å². The van der Waals surface area contributed by atoms with Gasteiger partial charge in [0, 0.05) is 31.5 Å². The molecule has 178 valence electrons. The number of nitrogens with zero attached hydrogens (tertiary/aromatic N) is 1. The van der Waals surface area contributed by atoms with Gasteiger partial charge in [0.25, 0.3) is 0 Å². The number of hydrogen-bond donors (Lipinski definition) is 2. The number of benzene rings is 2. The fourth-order valence-electron chi connectivity index (χ4n) is 5.62. The summed E-state index contributed by atoms with van der Waals surface area (Å²) in [5.41, 5.74) is 3.53. The fourth-order valence-corrected chi connectivity index (χ4v) is 5.62. The molecule has 0 radical (unpaired) electrons. The number of carboxylic acids is 1. The van der Waals surface area contributed by atoms with Crippen LogP contribution < -0.4 is 5.32 Å². The van der Waals surface area contributed by atoms with Crippen molar-refractivity contribution in [2.75, 3.05) is 32.9 Å². The van der Waals surface area contributed by atoms with Crippen molar-refractivity contribution < 1.29 is 29.0 Å². The molecule has 8 nitrogen and oxygen atoms in total. The first-order valence-electron chi connectivity index (χ1n) is 11.6. The van der Waals surface area contributed by atoms with Crippen LogP contribution in [0, 0.1) is 11.3 Å². The van der Waals surface area contributed by atoms with Gasteiger partial charge in [-0.25, -0.2) is 4.79 Å². The highest BCUT2D eigenvalue weighted by Crippen LogP contribution is 2.45. The van der Waals surface area contributed by atoms with Crippen molar-refractivity contribution in [1.82, 2.24) is 10.2 Å². The van der Waals surface area contributed by atoms with E-state index in [1.807, 2.05) is 36.4 Å². The summed E-state index contributed by atoms with van der Waals surface area (Å²) in [6.45, 7) is 2.89. The molecule has 2 aromatic rings. The standard InChI is InChI=1S/C26H28N2O6/c1-16(23(29)28-12-17-13-33-11-10-26(17,15-28)24(30)31)27-25(32)34-14-22-20-8-4-2-6-18(20)19-7-3-5-9-21(19)22/h2-9,16-17,22H,10-15H2,1H3,(H,27,32)(H,30,31)/t16-,17?,26?/m0/s1. The lowest BCUT2D eigenvalue weighted by Crippen LogP contribution is -2.48. The number of carbonyl (C=O) groups is 3. The van der Waals surface area contributed by atoms with Crippen molar-refractivity contribution in [3.63, 3.8) is 0 Å². The molecule has 2 fully saturated rings. The molecule has 2 amide bonds. The number of carbonyl (C=O) groups excluding carboxylic acids is 2. The van der Waals surface area contributed by atoms with E-state index in [0.29, 0.717) is 26.2 Å². The number of fused-ring (bicyclic) bond motifs is 4. The highest BCUT2D eigenvalue weighted by Gasteiger charge is 2.55. The molecule has 2 heterocycles. The second kappa shape index (κ2) is 8.76. The van der Waals surface area contributed by atoms with Crippen molar-refractivity contribution in [3.8, 4) is 11.1 Å². The van der Waals surface area contributed by atoms with Crippen LogP contribution in [-0.4, -0.2) is 66.9 Å². The maximum Gasteiger partial charge on any atom is 0.407 e. The molecular weight excluding hydrogens is 436 g/mol. The van der Waals surface area contributed by atoms with Gasteiger partial charge in [-0.05, 0) is 35.6 Å². The van der Waals surface area contributed by atoms with E-state index in [9.17, 15) is 19.5 Å². The molecule has 1 aliphatic carbocycles. The van der Waals surface area contributed by atoms with Crippen LogP contribution in [0.15, 0.2) is 48.5 Å². The quantitative estimate of drug-likeness (QED) is 0.705. The van der Waals surface area contributed by atoms with Crippen LogP contribution in [0.1, 0.15) is 30.4 Å². The number of alkyl carbamates (subject to hydrolysis) is 1. The first-order chi connectivity index (χ1) is 16.4. The van der Waals surface area contributed by atoms with Gasteiger partial charge in [0.15, 0.2) is 0 Å². The molecule has 5 rings (SSSR count). The number of nitrogens with one attached hydrogen (secondary N) is 1. The first-order valence-corrected chi connectivity index (χ1v) is 11.6. The van der Waals surface area contributed by atoms with E-state index in [-0.39, 0.29) is 30.9 Å². The number of carboxylic acid groups (broad SMARTS) is 1. The van der Waals surface area contributed by atoms with Gasteiger partial charge in [0.05, 0.1) is 12.0 Å². The SMILES string of the molecule is C[C@H](NC(=O)OCC1c2ccccc2-c2ccccc21)C(=O)N1CC2COCCC2(C(=O)O)C1. The molecule has 34 heavy (non-hydrogen) atoms. The predicted octanol–water partition coefficient (Wildman–Crippen LogP) is 2.86. The van der Waals surface area contributed by atoms with Crippen molar-refractivity contribution in [3.05, 3.63) is 59.7 Å². The molecule has 0 bridgehead atoms. The number of rotatable bonds is 5. The summed E-state index contributed by atoms with van der Waals surface area (Å²) in [4.78, 5) is 39.1. The van der Waals surface area contributed by atoms with Crippen LogP contribution in [0.4, 0.5) is 4.79 Å². The number of likely N-dealkylation sites (tertiary alicyclic amines) is 1. The van der Waals surface area contributed by atoms with E-state index in [2.05, 4.69) is 17.4 Å². The first kappa shape index (κ1) is 22.4. The minimum absolute atomic E-state index is 0.0683. The zero-order valence-electron chi connectivity index (χ0n) is 19.0. The minimum atomic E-state index is -0.975. The van der Waals surface area contributed by atoms with Crippen LogP contribution in [-0.2, 0) is 19.1 Å². The molecule has 0 aromatic heterocycles. The largest absolute Gasteiger partial charge is 0.481 e. The Morgan fingerprint density at radius 1 is 1.15 bits per heavy atom. The fraction of sp³-hybridized carbons (Fsp3) is 0.423. The maximum absolute atomic E-state index is 13.0. The van der Waals surface area contributed by atoms with Gasteiger partial charge in [-0.15, -0.1) is 0 Å². The van der Waals surface area contributed by atoms with Crippen LogP contribution >= 0.6 is 0 Å². The Bertz CT molecular complexity index is 1090. The van der Waals surface area contributed by atoms with Crippen molar-refractivity contribution in [2.45, 2.75) is 25.3 Å². The van der Waals surface area contributed by atoms with E-state index in [1.165, 1.54) is 4.90 Å². The second-order valence-corrected chi connectivity index (χ2v) is 9.39. The van der Waals surface area contributed by atoms with E-state index in [1.54, 1.807) is 6.92 Å². The zero-order chi connectivity index (χ0) is 23.9. The van der Waals surface area contributed by atoms with Crippen molar-refractivity contribution >= 4 is 18.0 Å². The molecule has 2 aromatic carbocycles. The van der Waals surface area contributed by atoms with Gasteiger partial charge < -0.3 is 24.8 Å². The summed E-state index contributed by atoms with van der Waals surface area (Å²) >= 11 is 0. The van der Waals surface area contributed by atoms with E-state index >= 15 is 0 Å². The average Bonchev–Trinajstić information content (AvgIpc) is 3.39. The molecule has 0 saturated carbocycles. The smallest absolute Gasteiger partial charge is 0.407 e. The Morgan fingerprint density at radius 2 is 1.79 bits per heavy atom. The lowest BCUT2D eigenvalue weighted by atomic mass is 9.74. The number of aliphatic carboxylic acids is 1.